The first kappa shape index (κ1) is 28.1. The van der Waals surface area contributed by atoms with E-state index in [0.29, 0.717) is 31.5 Å². The van der Waals surface area contributed by atoms with E-state index in [4.69, 9.17) is 14.6 Å². The minimum atomic E-state index is -0.471. The maximum atomic E-state index is 12.4. The van der Waals surface area contributed by atoms with Gasteiger partial charge in [-0.1, -0.05) is 24.3 Å². The summed E-state index contributed by atoms with van der Waals surface area (Å²) in [5.41, 5.74) is 1.33. The number of piperidine rings is 2. The number of carbonyl (C=O) groups excluding carboxylic acids is 2. The molecule has 0 unspecified atom stereocenters. The van der Waals surface area contributed by atoms with Crippen LogP contribution in [-0.4, -0.2) is 75.6 Å². The fourth-order valence-electron chi connectivity index (χ4n) is 5.25. The van der Waals surface area contributed by atoms with Gasteiger partial charge < -0.3 is 14.4 Å². The summed E-state index contributed by atoms with van der Waals surface area (Å²) in [5.74, 6) is 0.602. The summed E-state index contributed by atoms with van der Waals surface area (Å²) in [6, 6.07) is 8.42. The van der Waals surface area contributed by atoms with Crippen LogP contribution in [0.1, 0.15) is 78.8 Å². The Balaban J connectivity index is 1.36. The number of carbonyl (C=O) groups is 2. The van der Waals surface area contributed by atoms with Crippen molar-refractivity contribution in [2.75, 3.05) is 32.7 Å². The van der Waals surface area contributed by atoms with Crippen molar-refractivity contribution in [2.45, 2.75) is 84.3 Å². The third-order valence-corrected chi connectivity index (χ3v) is 7.08. The van der Waals surface area contributed by atoms with Gasteiger partial charge in [0, 0.05) is 30.6 Å². The molecule has 0 saturated carbocycles. The molecule has 0 N–H and O–H groups in total. The van der Waals surface area contributed by atoms with Crippen LogP contribution in [0.25, 0.3) is 17.1 Å². The Morgan fingerprint density at radius 3 is 2.18 bits per heavy atom. The fraction of sp³-hybridized carbons (Fsp3) is 0.633. The van der Waals surface area contributed by atoms with Crippen LogP contribution < -0.4 is 0 Å². The van der Waals surface area contributed by atoms with Crippen LogP contribution in [0.3, 0.4) is 0 Å². The van der Waals surface area contributed by atoms with E-state index in [1.165, 1.54) is 5.39 Å². The first-order chi connectivity index (χ1) is 17.9. The number of hydrogen-bond donors (Lipinski definition) is 0. The van der Waals surface area contributed by atoms with Crippen molar-refractivity contribution in [3.8, 4) is 0 Å². The van der Waals surface area contributed by atoms with Gasteiger partial charge in [0.2, 0.25) is 0 Å². The van der Waals surface area contributed by atoms with Gasteiger partial charge >= 0.3 is 12.1 Å². The maximum Gasteiger partial charge on any atom is 0.410 e. The van der Waals surface area contributed by atoms with Gasteiger partial charge in [0.25, 0.3) is 0 Å². The lowest BCUT2D eigenvalue weighted by molar-refractivity contribution is -0.156. The average Bonchev–Trinajstić information content (AvgIpc) is 3.20. The SMILES string of the molecule is CC(C)(C)OC(=O)CN1CCC(c2nn(C=CC3CCN(C(=O)OC(C)(C)C)CC3)c3ccccc23)CC1. The third kappa shape index (κ3) is 7.59. The lowest BCUT2D eigenvalue weighted by atomic mass is 9.91. The summed E-state index contributed by atoms with van der Waals surface area (Å²) in [6.45, 7) is 14.9. The Hall–Kier alpha value is -2.87. The monoisotopic (exact) mass is 524 g/mol. The first-order valence-corrected chi connectivity index (χ1v) is 14.0. The predicted molar refractivity (Wildman–Crippen MR) is 150 cm³/mol. The summed E-state index contributed by atoms with van der Waals surface area (Å²) in [7, 11) is 0. The molecule has 3 heterocycles. The highest BCUT2D eigenvalue weighted by atomic mass is 16.6. The topological polar surface area (TPSA) is 76.9 Å². The molecule has 2 aliphatic heterocycles. The Morgan fingerprint density at radius 1 is 0.921 bits per heavy atom. The second kappa shape index (κ2) is 11.5. The molecule has 2 aromatic rings. The molecule has 0 atom stereocenters. The smallest absolute Gasteiger partial charge is 0.410 e. The quantitative estimate of drug-likeness (QED) is 0.469. The van der Waals surface area contributed by atoms with E-state index in [1.54, 1.807) is 0 Å². The number of amides is 1. The number of hydrogen-bond acceptors (Lipinski definition) is 6. The number of aromatic nitrogens is 2. The molecule has 0 bridgehead atoms. The minimum Gasteiger partial charge on any atom is -0.459 e. The van der Waals surface area contributed by atoms with Crippen molar-refractivity contribution in [3.05, 3.63) is 36.0 Å². The molecule has 1 aromatic heterocycles. The normalized spacial score (nSPS) is 18.8. The molecule has 2 fully saturated rings. The molecule has 2 saturated heterocycles. The molecular formula is C30H44N4O4. The number of nitrogens with zero attached hydrogens (tertiary/aromatic N) is 4. The molecule has 1 aromatic carbocycles. The molecule has 208 valence electrons. The van der Waals surface area contributed by atoms with E-state index in [-0.39, 0.29) is 12.1 Å². The Labute approximate surface area is 226 Å². The number of esters is 1. The molecule has 1 amide bonds. The zero-order chi connectivity index (χ0) is 27.5. The van der Waals surface area contributed by atoms with E-state index in [1.807, 2.05) is 51.1 Å². The third-order valence-electron chi connectivity index (χ3n) is 7.08. The highest BCUT2D eigenvalue weighted by Gasteiger charge is 2.28. The lowest BCUT2D eigenvalue weighted by Gasteiger charge is -2.32. The molecule has 8 nitrogen and oxygen atoms in total. The first-order valence-electron chi connectivity index (χ1n) is 14.0. The zero-order valence-corrected chi connectivity index (χ0v) is 23.9. The van der Waals surface area contributed by atoms with Gasteiger partial charge in [-0.05, 0) is 92.3 Å². The second-order valence-corrected chi connectivity index (χ2v) is 12.6. The lowest BCUT2D eigenvalue weighted by Crippen LogP contribution is -2.41. The molecule has 38 heavy (non-hydrogen) atoms. The number of fused-ring (bicyclic) bond motifs is 1. The van der Waals surface area contributed by atoms with Gasteiger partial charge in [-0.3, -0.25) is 9.69 Å². The van der Waals surface area contributed by atoms with E-state index in [9.17, 15) is 9.59 Å². The van der Waals surface area contributed by atoms with Crippen molar-refractivity contribution in [1.82, 2.24) is 19.6 Å². The Morgan fingerprint density at radius 2 is 1.55 bits per heavy atom. The molecular weight excluding hydrogens is 480 g/mol. The molecule has 0 aliphatic carbocycles. The average molecular weight is 525 g/mol. The van der Waals surface area contributed by atoms with Crippen molar-refractivity contribution in [2.24, 2.45) is 5.92 Å². The number of allylic oxidation sites excluding steroid dienone is 1. The molecule has 0 spiro atoms. The minimum absolute atomic E-state index is 0.159. The summed E-state index contributed by atoms with van der Waals surface area (Å²) in [6.07, 6.45) is 7.87. The van der Waals surface area contributed by atoms with Crippen LogP contribution in [0.15, 0.2) is 30.3 Å². The summed E-state index contributed by atoms with van der Waals surface area (Å²) in [5, 5.41) is 6.25. The maximum absolute atomic E-state index is 12.4. The molecule has 4 rings (SSSR count). The van der Waals surface area contributed by atoms with Crippen LogP contribution in [0.4, 0.5) is 4.79 Å². The van der Waals surface area contributed by atoms with Crippen molar-refractivity contribution in [1.29, 1.82) is 0 Å². The number of likely N-dealkylation sites (tertiary alicyclic amines) is 2. The van der Waals surface area contributed by atoms with Crippen molar-refractivity contribution >= 4 is 29.2 Å². The number of rotatable bonds is 5. The molecule has 0 radical (unpaired) electrons. The van der Waals surface area contributed by atoms with Gasteiger partial charge in [-0.2, -0.15) is 5.10 Å². The Bertz CT molecular complexity index is 1140. The highest BCUT2D eigenvalue weighted by Crippen LogP contribution is 2.33. The summed E-state index contributed by atoms with van der Waals surface area (Å²) in [4.78, 5) is 28.6. The molecule has 8 heteroatoms. The number of para-hydroxylation sites is 1. The van der Waals surface area contributed by atoms with E-state index in [0.717, 1.165) is 50.0 Å². The number of benzene rings is 1. The predicted octanol–water partition coefficient (Wildman–Crippen LogP) is 5.68. The number of ether oxygens (including phenoxy) is 2. The van der Waals surface area contributed by atoms with Gasteiger partial charge in [0.15, 0.2) is 0 Å². The van der Waals surface area contributed by atoms with Gasteiger partial charge in [-0.15, -0.1) is 0 Å². The van der Waals surface area contributed by atoms with E-state index >= 15 is 0 Å². The van der Waals surface area contributed by atoms with Crippen molar-refractivity contribution in [3.63, 3.8) is 0 Å². The summed E-state index contributed by atoms with van der Waals surface area (Å²) >= 11 is 0. The fourth-order valence-corrected chi connectivity index (χ4v) is 5.25. The van der Waals surface area contributed by atoms with E-state index in [2.05, 4.69) is 41.4 Å². The summed E-state index contributed by atoms with van der Waals surface area (Å²) < 4.78 is 13.0. The van der Waals surface area contributed by atoms with Crippen LogP contribution in [0.2, 0.25) is 0 Å². The van der Waals surface area contributed by atoms with Crippen LogP contribution in [0.5, 0.6) is 0 Å². The van der Waals surface area contributed by atoms with Crippen LogP contribution in [0, 0.1) is 5.92 Å². The van der Waals surface area contributed by atoms with Crippen LogP contribution in [-0.2, 0) is 14.3 Å². The van der Waals surface area contributed by atoms with Crippen LogP contribution >= 0.6 is 0 Å². The van der Waals surface area contributed by atoms with Gasteiger partial charge in [-0.25, -0.2) is 9.48 Å². The van der Waals surface area contributed by atoms with Crippen molar-refractivity contribution < 1.29 is 19.1 Å². The highest BCUT2D eigenvalue weighted by molar-refractivity contribution is 5.84. The second-order valence-electron chi connectivity index (χ2n) is 12.6. The van der Waals surface area contributed by atoms with E-state index < -0.39 is 11.2 Å². The van der Waals surface area contributed by atoms with Gasteiger partial charge in [0.05, 0.1) is 17.8 Å². The zero-order valence-electron chi connectivity index (χ0n) is 23.9. The standard InChI is InChI=1S/C30H44N4O4/c1-29(2,3)37-26(35)21-32-16-14-23(15-17-32)27-24-9-7-8-10-25(24)34(31-27)20-13-22-11-18-33(19-12-22)28(36)38-30(4,5)6/h7-10,13,20,22-23H,11-12,14-19,21H2,1-6H3. The Kier molecular flexibility index (Phi) is 8.50. The van der Waals surface area contributed by atoms with Gasteiger partial charge in [0.1, 0.15) is 11.2 Å². The molecule has 2 aliphatic rings. The largest absolute Gasteiger partial charge is 0.459 e.